The van der Waals surface area contributed by atoms with Crippen LogP contribution in [0.25, 0.3) is 10.2 Å². The van der Waals surface area contributed by atoms with Crippen LogP contribution < -0.4 is 10.3 Å². The van der Waals surface area contributed by atoms with Gasteiger partial charge in [-0.2, -0.15) is 0 Å². The van der Waals surface area contributed by atoms with Crippen LogP contribution in [0.4, 0.5) is 0 Å². The lowest BCUT2D eigenvalue weighted by Crippen LogP contribution is -2.31. The predicted molar refractivity (Wildman–Crippen MR) is 108 cm³/mol. The summed E-state index contributed by atoms with van der Waals surface area (Å²) in [6.45, 7) is 4.34. The lowest BCUT2D eigenvalue weighted by Gasteiger charge is -2.15. The number of carbonyl (C=O) groups excluding carboxylic acids is 1. The minimum absolute atomic E-state index is 0.0492. The maximum atomic E-state index is 13.2. The molecule has 0 bridgehead atoms. The van der Waals surface area contributed by atoms with E-state index in [1.807, 2.05) is 32.8 Å². The largest absolute Gasteiger partial charge is 0.497 e. The minimum Gasteiger partial charge on any atom is -0.497 e. The Morgan fingerprint density at radius 1 is 1.30 bits per heavy atom. The van der Waals surface area contributed by atoms with Gasteiger partial charge in [0, 0.05) is 10.4 Å². The van der Waals surface area contributed by atoms with E-state index < -0.39 is 0 Å². The van der Waals surface area contributed by atoms with Gasteiger partial charge < -0.3 is 9.64 Å². The number of methoxy groups -OCH3 is 1. The molecule has 0 saturated heterocycles. The average molecular weight is 385 g/mol. The van der Waals surface area contributed by atoms with Crippen molar-refractivity contribution in [2.24, 2.45) is 0 Å². The van der Waals surface area contributed by atoms with Crippen molar-refractivity contribution in [3.8, 4) is 5.75 Å². The first-order valence-corrected chi connectivity index (χ1v) is 9.45. The first kappa shape index (κ1) is 19.3. The van der Waals surface area contributed by atoms with E-state index in [-0.39, 0.29) is 17.9 Å². The molecule has 6 nitrogen and oxygen atoms in total. The summed E-state index contributed by atoms with van der Waals surface area (Å²) in [5.41, 5.74) is 1.29. The number of rotatable bonds is 6. The topological polar surface area (TPSA) is 64.4 Å². The molecule has 0 spiro atoms. The normalized spacial score (nSPS) is 11.3. The SMILES string of the molecule is COc1cccc(C(=O)Cn2c(CN(C)C)nc3sc(C)c(C)c3c2=O)c1. The van der Waals surface area contributed by atoms with Crippen LogP contribution in [0.3, 0.4) is 0 Å². The summed E-state index contributed by atoms with van der Waals surface area (Å²) in [6, 6.07) is 6.97. The summed E-state index contributed by atoms with van der Waals surface area (Å²) in [5.74, 6) is 1.05. The van der Waals surface area contributed by atoms with Gasteiger partial charge >= 0.3 is 0 Å². The van der Waals surface area contributed by atoms with Gasteiger partial charge in [0.1, 0.15) is 16.4 Å². The fourth-order valence-electron chi connectivity index (χ4n) is 2.97. The summed E-state index contributed by atoms with van der Waals surface area (Å²) in [6.07, 6.45) is 0. The first-order chi connectivity index (χ1) is 12.8. The molecule has 0 atom stereocenters. The van der Waals surface area contributed by atoms with E-state index in [0.717, 1.165) is 15.3 Å². The first-order valence-electron chi connectivity index (χ1n) is 8.63. The molecule has 0 N–H and O–H groups in total. The molecule has 142 valence electrons. The third kappa shape index (κ3) is 3.79. The molecule has 0 aliphatic rings. The lowest BCUT2D eigenvalue weighted by molar-refractivity contribution is 0.0968. The highest BCUT2D eigenvalue weighted by atomic mass is 32.1. The van der Waals surface area contributed by atoms with Gasteiger partial charge in [0.15, 0.2) is 5.78 Å². The van der Waals surface area contributed by atoms with Crippen molar-refractivity contribution in [3.63, 3.8) is 0 Å². The van der Waals surface area contributed by atoms with Gasteiger partial charge in [-0.1, -0.05) is 12.1 Å². The Morgan fingerprint density at radius 3 is 2.70 bits per heavy atom. The van der Waals surface area contributed by atoms with Crippen LogP contribution >= 0.6 is 11.3 Å². The van der Waals surface area contributed by atoms with Gasteiger partial charge in [0.25, 0.3) is 5.56 Å². The van der Waals surface area contributed by atoms with Crippen molar-refractivity contribution >= 4 is 27.3 Å². The van der Waals surface area contributed by atoms with E-state index in [1.54, 1.807) is 31.4 Å². The molecule has 3 aromatic rings. The van der Waals surface area contributed by atoms with E-state index in [1.165, 1.54) is 15.9 Å². The number of hydrogen-bond donors (Lipinski definition) is 0. The molecule has 0 unspecified atom stereocenters. The number of Topliss-reactive ketones (excluding diaryl/α,β-unsaturated/α-hetero) is 1. The molecular weight excluding hydrogens is 362 g/mol. The molecule has 3 rings (SSSR count). The number of aromatic nitrogens is 2. The number of ketones is 1. The van der Waals surface area contributed by atoms with Crippen molar-refractivity contribution in [1.82, 2.24) is 14.5 Å². The predicted octanol–water partition coefficient (Wildman–Crippen LogP) is 3.03. The summed E-state index contributed by atoms with van der Waals surface area (Å²) in [4.78, 5) is 34.5. The van der Waals surface area contributed by atoms with Crippen molar-refractivity contribution < 1.29 is 9.53 Å². The average Bonchev–Trinajstić information content (AvgIpc) is 2.91. The quantitative estimate of drug-likeness (QED) is 0.610. The highest BCUT2D eigenvalue weighted by molar-refractivity contribution is 7.18. The molecule has 1 aromatic carbocycles. The molecule has 0 aliphatic heterocycles. The zero-order valence-electron chi connectivity index (χ0n) is 16.2. The van der Waals surface area contributed by atoms with E-state index in [4.69, 9.17) is 9.72 Å². The van der Waals surface area contributed by atoms with Gasteiger partial charge in [-0.15, -0.1) is 11.3 Å². The van der Waals surface area contributed by atoms with E-state index >= 15 is 0 Å². The second-order valence-electron chi connectivity index (χ2n) is 6.78. The van der Waals surface area contributed by atoms with E-state index in [9.17, 15) is 9.59 Å². The highest BCUT2D eigenvalue weighted by Crippen LogP contribution is 2.26. The standard InChI is InChI=1S/C20H23N3O3S/c1-12-13(2)27-19-18(12)20(25)23(17(21-19)11-22(3)4)10-16(24)14-7-6-8-15(9-14)26-5/h6-9H,10-11H2,1-5H3. The van der Waals surface area contributed by atoms with Crippen molar-refractivity contribution in [2.75, 3.05) is 21.2 Å². The van der Waals surface area contributed by atoms with E-state index in [2.05, 4.69) is 0 Å². The summed E-state index contributed by atoms with van der Waals surface area (Å²) in [7, 11) is 5.38. The van der Waals surface area contributed by atoms with Gasteiger partial charge in [0.2, 0.25) is 0 Å². The van der Waals surface area contributed by atoms with Crippen LogP contribution in [-0.2, 0) is 13.1 Å². The number of aryl methyl sites for hydroxylation is 2. The van der Waals surface area contributed by atoms with Gasteiger partial charge in [-0.3, -0.25) is 14.2 Å². The van der Waals surface area contributed by atoms with E-state index in [0.29, 0.717) is 29.1 Å². The summed E-state index contributed by atoms with van der Waals surface area (Å²) >= 11 is 1.52. The van der Waals surface area contributed by atoms with Crippen molar-refractivity contribution in [2.45, 2.75) is 26.9 Å². The van der Waals surface area contributed by atoms with Crippen LogP contribution in [0.2, 0.25) is 0 Å². The van der Waals surface area contributed by atoms with Gasteiger partial charge in [-0.25, -0.2) is 4.98 Å². The van der Waals surface area contributed by atoms with Gasteiger partial charge in [-0.05, 0) is 45.6 Å². The Hall–Kier alpha value is -2.51. The number of benzene rings is 1. The molecule has 0 fully saturated rings. The lowest BCUT2D eigenvalue weighted by atomic mass is 10.1. The maximum Gasteiger partial charge on any atom is 0.263 e. The number of nitrogens with zero attached hydrogens (tertiary/aromatic N) is 3. The molecule has 7 heteroatoms. The smallest absolute Gasteiger partial charge is 0.263 e. The fourth-order valence-corrected chi connectivity index (χ4v) is 4.01. The molecule has 0 amide bonds. The number of carbonyl (C=O) groups is 1. The third-order valence-corrected chi connectivity index (χ3v) is 5.62. The molecule has 2 heterocycles. The molecule has 0 radical (unpaired) electrons. The van der Waals surface area contributed by atoms with Gasteiger partial charge in [0.05, 0.1) is 25.6 Å². The van der Waals surface area contributed by atoms with Crippen LogP contribution in [0.5, 0.6) is 5.75 Å². The number of thiophene rings is 1. The number of ether oxygens (including phenoxy) is 1. The van der Waals surface area contributed by atoms with Crippen LogP contribution in [-0.4, -0.2) is 41.4 Å². The fraction of sp³-hybridized carbons (Fsp3) is 0.350. The Labute approximate surface area is 162 Å². The summed E-state index contributed by atoms with van der Waals surface area (Å²) in [5, 5.41) is 0.610. The number of hydrogen-bond acceptors (Lipinski definition) is 6. The molecule has 27 heavy (non-hydrogen) atoms. The minimum atomic E-state index is -0.157. The Balaban J connectivity index is 2.10. The zero-order chi connectivity index (χ0) is 19.7. The maximum absolute atomic E-state index is 13.2. The monoisotopic (exact) mass is 385 g/mol. The molecular formula is C20H23N3O3S. The second kappa shape index (κ2) is 7.62. The van der Waals surface area contributed by atoms with Crippen molar-refractivity contribution in [1.29, 1.82) is 0 Å². The van der Waals surface area contributed by atoms with Crippen LogP contribution in [0, 0.1) is 13.8 Å². The zero-order valence-corrected chi connectivity index (χ0v) is 17.0. The highest BCUT2D eigenvalue weighted by Gasteiger charge is 2.19. The summed E-state index contributed by atoms with van der Waals surface area (Å²) < 4.78 is 6.70. The number of fused-ring (bicyclic) bond motifs is 1. The third-order valence-electron chi connectivity index (χ3n) is 4.52. The second-order valence-corrected chi connectivity index (χ2v) is 7.98. The Kier molecular flexibility index (Phi) is 5.43. The molecule has 0 aliphatic carbocycles. The Bertz CT molecular complexity index is 1070. The molecule has 2 aromatic heterocycles. The molecule has 0 saturated carbocycles. The Morgan fingerprint density at radius 2 is 2.04 bits per heavy atom. The van der Waals surface area contributed by atoms with Crippen molar-refractivity contribution in [3.05, 3.63) is 56.4 Å². The van der Waals surface area contributed by atoms with Crippen LogP contribution in [0.1, 0.15) is 26.6 Å². The van der Waals surface area contributed by atoms with Crippen LogP contribution in [0.15, 0.2) is 29.1 Å².